The van der Waals surface area contributed by atoms with E-state index in [-0.39, 0.29) is 0 Å². The van der Waals surface area contributed by atoms with Gasteiger partial charge >= 0.3 is 0 Å². The topological polar surface area (TPSA) is 0 Å². The summed E-state index contributed by atoms with van der Waals surface area (Å²) in [6.07, 6.45) is 10.7. The molecule has 0 heterocycles. The van der Waals surface area contributed by atoms with Crippen molar-refractivity contribution in [2.24, 2.45) is 0 Å². The third-order valence-electron chi connectivity index (χ3n) is 3.53. The molecule has 0 atom stereocenters. The van der Waals surface area contributed by atoms with Crippen molar-refractivity contribution in [2.75, 3.05) is 0 Å². The van der Waals surface area contributed by atoms with Crippen molar-refractivity contribution in [3.63, 3.8) is 0 Å². The Balaban J connectivity index is 2.62. The van der Waals surface area contributed by atoms with E-state index in [1.807, 2.05) is 0 Å². The van der Waals surface area contributed by atoms with E-state index < -0.39 is 0 Å². The highest BCUT2D eigenvalue weighted by Crippen LogP contribution is 2.16. The number of rotatable bonds is 8. The molecule has 0 saturated heterocycles. The fourth-order valence-corrected chi connectivity index (χ4v) is 2.20. The zero-order valence-electron chi connectivity index (χ0n) is 12.8. The van der Waals surface area contributed by atoms with Gasteiger partial charge < -0.3 is 0 Å². The first-order valence-electron chi connectivity index (χ1n) is 7.75. The van der Waals surface area contributed by atoms with Crippen LogP contribution in [0.3, 0.4) is 0 Å². The molecule has 19 heavy (non-hydrogen) atoms. The van der Waals surface area contributed by atoms with Crippen LogP contribution in [0, 0.1) is 6.92 Å². The molecule has 0 heteroatoms. The maximum Gasteiger partial charge on any atom is -0.0203 e. The highest BCUT2D eigenvalue weighted by Gasteiger charge is 2.00. The molecule has 0 aliphatic carbocycles. The predicted octanol–water partition coefficient (Wildman–Crippen LogP) is 6.00. The molecule has 1 aromatic carbocycles. The molecule has 0 N–H and O–H groups in total. The largest absolute Gasteiger partial charge is 0.126 e. The van der Waals surface area contributed by atoms with Crippen LogP contribution in [0.25, 0.3) is 0 Å². The molecule has 0 spiro atoms. The summed E-state index contributed by atoms with van der Waals surface area (Å²) >= 11 is 0. The summed E-state index contributed by atoms with van der Waals surface area (Å²) in [6.45, 7) is 6.68. The first-order valence-corrected chi connectivity index (χ1v) is 7.75. The Labute approximate surface area is 119 Å². The lowest BCUT2D eigenvalue weighted by Crippen LogP contribution is -1.92. The lowest BCUT2D eigenvalue weighted by Gasteiger charge is -2.07. The lowest BCUT2D eigenvalue weighted by atomic mass is 9.98. The van der Waals surface area contributed by atoms with Crippen LogP contribution in [0.4, 0.5) is 0 Å². The Kier molecular flexibility index (Phi) is 8.02. The number of aryl methyl sites for hydroxylation is 2. The van der Waals surface area contributed by atoms with Crippen molar-refractivity contribution in [3.05, 3.63) is 52.8 Å². The maximum atomic E-state index is 3.54. The average molecular weight is 256 g/mol. The summed E-state index contributed by atoms with van der Waals surface area (Å²) in [4.78, 5) is 0. The second-order valence-electron chi connectivity index (χ2n) is 5.27. The molecule has 0 saturated carbocycles. The molecule has 1 aromatic rings. The average Bonchev–Trinajstić information content (AvgIpc) is 2.43. The third-order valence-corrected chi connectivity index (χ3v) is 3.53. The molecule has 0 aliphatic rings. The maximum absolute atomic E-state index is 3.54. The van der Waals surface area contributed by atoms with Crippen molar-refractivity contribution in [1.82, 2.24) is 0 Å². The van der Waals surface area contributed by atoms with Crippen molar-refractivity contribution in [3.8, 4) is 0 Å². The summed E-state index contributed by atoms with van der Waals surface area (Å²) in [7, 11) is 0. The zero-order valence-corrected chi connectivity index (χ0v) is 12.8. The number of benzene rings is 1. The summed E-state index contributed by atoms with van der Waals surface area (Å²) in [5.74, 6) is 0. The molecule has 0 radical (unpaired) electrons. The fourth-order valence-electron chi connectivity index (χ4n) is 2.20. The molecular weight excluding hydrogens is 228 g/mol. The molecule has 1 rings (SSSR count). The van der Waals surface area contributed by atoms with E-state index in [4.69, 9.17) is 0 Å². The molecule has 104 valence electrons. The second kappa shape index (κ2) is 9.64. The van der Waals surface area contributed by atoms with Gasteiger partial charge in [-0.15, -0.1) is 5.73 Å². The van der Waals surface area contributed by atoms with Gasteiger partial charge in [0.2, 0.25) is 0 Å². The van der Waals surface area contributed by atoms with Crippen molar-refractivity contribution in [1.29, 1.82) is 0 Å². The van der Waals surface area contributed by atoms with E-state index in [0.717, 1.165) is 19.3 Å². The third kappa shape index (κ3) is 6.45. The van der Waals surface area contributed by atoms with E-state index >= 15 is 0 Å². The van der Waals surface area contributed by atoms with Gasteiger partial charge in [0.1, 0.15) is 0 Å². The number of unbranched alkanes of at least 4 members (excludes halogenated alkanes) is 2. The van der Waals surface area contributed by atoms with Gasteiger partial charge in [0, 0.05) is 0 Å². The summed E-state index contributed by atoms with van der Waals surface area (Å²) in [5.41, 5.74) is 7.93. The fraction of sp³-hybridized carbons (Fsp3) is 0.526. The van der Waals surface area contributed by atoms with Crippen LogP contribution in [-0.2, 0) is 6.42 Å². The monoisotopic (exact) mass is 256 g/mol. The van der Waals surface area contributed by atoms with Crippen molar-refractivity contribution >= 4 is 0 Å². The van der Waals surface area contributed by atoms with E-state index in [1.165, 1.54) is 42.4 Å². The molecular formula is C19H28. The van der Waals surface area contributed by atoms with Crippen molar-refractivity contribution in [2.45, 2.75) is 65.7 Å². The molecule has 0 aliphatic heterocycles. The first kappa shape index (κ1) is 15.8. The molecule has 0 unspecified atom stereocenters. The minimum absolute atomic E-state index is 1.15. The van der Waals surface area contributed by atoms with Crippen LogP contribution in [0.5, 0.6) is 0 Å². The van der Waals surface area contributed by atoms with E-state index in [0.29, 0.717) is 0 Å². The minimum Gasteiger partial charge on any atom is -0.126 e. The van der Waals surface area contributed by atoms with Gasteiger partial charge in [-0.1, -0.05) is 51.0 Å². The van der Waals surface area contributed by atoms with Gasteiger partial charge in [-0.3, -0.25) is 0 Å². The highest BCUT2D eigenvalue weighted by atomic mass is 14.1. The highest BCUT2D eigenvalue weighted by molar-refractivity contribution is 5.26. The van der Waals surface area contributed by atoms with Crippen molar-refractivity contribution < 1.29 is 0 Å². The quantitative estimate of drug-likeness (QED) is 0.500. The van der Waals surface area contributed by atoms with Gasteiger partial charge in [0.05, 0.1) is 0 Å². The number of allylic oxidation sites excluding steroid dienone is 1. The van der Waals surface area contributed by atoms with Gasteiger partial charge in [-0.25, -0.2) is 0 Å². The summed E-state index contributed by atoms with van der Waals surface area (Å²) in [5, 5.41) is 0. The van der Waals surface area contributed by atoms with Gasteiger partial charge in [-0.2, -0.15) is 0 Å². The Bertz CT molecular complexity index is 419. The molecule has 0 amide bonds. The standard InChI is InChI=1S/C19H28/c1-4-6-8-13-18(12-7-5-2)15-16-19-14-10-9-11-17(19)3/h8-11,14H,4-7,12,15-16H2,1-3H3. The minimum atomic E-state index is 1.15. The Morgan fingerprint density at radius 3 is 2.58 bits per heavy atom. The van der Waals surface area contributed by atoms with Crippen LogP contribution in [0.15, 0.2) is 41.6 Å². The van der Waals surface area contributed by atoms with Gasteiger partial charge in [-0.05, 0) is 61.8 Å². The van der Waals surface area contributed by atoms with Crippen LogP contribution >= 0.6 is 0 Å². The normalized spacial score (nSPS) is 10.1. The Morgan fingerprint density at radius 2 is 1.89 bits per heavy atom. The molecule has 0 fully saturated rings. The smallest absolute Gasteiger partial charge is 0.0203 e. The summed E-state index contributed by atoms with van der Waals surface area (Å²) in [6, 6.07) is 8.72. The van der Waals surface area contributed by atoms with Crippen LogP contribution < -0.4 is 0 Å². The SMILES string of the molecule is CCCC=C=C(CCCC)CCc1ccccc1C. The van der Waals surface area contributed by atoms with E-state index in [1.54, 1.807) is 0 Å². The predicted molar refractivity (Wildman–Crippen MR) is 85.5 cm³/mol. The van der Waals surface area contributed by atoms with Crippen LogP contribution in [0.2, 0.25) is 0 Å². The number of hydrogen-bond acceptors (Lipinski definition) is 0. The van der Waals surface area contributed by atoms with E-state index in [2.05, 4.69) is 56.8 Å². The zero-order chi connectivity index (χ0) is 13.9. The second-order valence-corrected chi connectivity index (χ2v) is 5.27. The molecule has 0 bridgehead atoms. The van der Waals surface area contributed by atoms with E-state index in [9.17, 15) is 0 Å². The Hall–Kier alpha value is -1.26. The van der Waals surface area contributed by atoms with Crippen LogP contribution in [0.1, 0.15) is 63.5 Å². The van der Waals surface area contributed by atoms with Gasteiger partial charge in [0.15, 0.2) is 0 Å². The number of hydrogen-bond donors (Lipinski definition) is 0. The Morgan fingerprint density at radius 1 is 1.11 bits per heavy atom. The molecule has 0 nitrogen and oxygen atoms in total. The van der Waals surface area contributed by atoms with Crippen LogP contribution in [-0.4, -0.2) is 0 Å². The molecule has 0 aromatic heterocycles. The summed E-state index contributed by atoms with van der Waals surface area (Å²) < 4.78 is 0. The van der Waals surface area contributed by atoms with Gasteiger partial charge in [0.25, 0.3) is 0 Å². The lowest BCUT2D eigenvalue weighted by molar-refractivity contribution is 0.749. The first-order chi connectivity index (χ1) is 9.27.